The van der Waals surface area contributed by atoms with E-state index >= 15 is 0 Å². The SMILES string of the molecule is CCOC(=O)CCCCCOc1c(C)cccc1N(C)C(=O)c1ccc(NC(=O)c2ccccc2OC)cc1. The number of nitrogens with one attached hydrogen (secondary N) is 1. The summed E-state index contributed by atoms with van der Waals surface area (Å²) in [5.41, 5.74) is 3.05. The van der Waals surface area contributed by atoms with Crippen molar-refractivity contribution in [2.24, 2.45) is 0 Å². The fourth-order valence-electron chi connectivity index (χ4n) is 4.07. The van der Waals surface area contributed by atoms with Crippen molar-refractivity contribution in [1.29, 1.82) is 0 Å². The molecule has 1 N–H and O–H groups in total. The molecule has 3 aromatic rings. The third kappa shape index (κ3) is 8.07. The van der Waals surface area contributed by atoms with Gasteiger partial charge in [-0.15, -0.1) is 0 Å². The van der Waals surface area contributed by atoms with E-state index in [4.69, 9.17) is 14.2 Å². The van der Waals surface area contributed by atoms with E-state index in [0.717, 1.165) is 24.8 Å². The van der Waals surface area contributed by atoms with Gasteiger partial charge in [0, 0.05) is 24.7 Å². The van der Waals surface area contributed by atoms with E-state index < -0.39 is 0 Å². The second kappa shape index (κ2) is 14.6. The van der Waals surface area contributed by atoms with Gasteiger partial charge in [-0.2, -0.15) is 0 Å². The van der Waals surface area contributed by atoms with E-state index in [1.165, 1.54) is 7.11 Å². The molecular weight excluding hydrogens is 496 g/mol. The zero-order valence-corrected chi connectivity index (χ0v) is 23.0. The summed E-state index contributed by atoms with van der Waals surface area (Å²) in [5.74, 6) is 0.455. The fraction of sp³-hybridized carbons (Fsp3) is 0.323. The van der Waals surface area contributed by atoms with E-state index in [9.17, 15) is 14.4 Å². The molecule has 0 bridgehead atoms. The molecule has 2 amide bonds. The van der Waals surface area contributed by atoms with Crippen molar-refractivity contribution in [2.75, 3.05) is 37.6 Å². The van der Waals surface area contributed by atoms with Gasteiger partial charge in [-0.05, 0) is 81.1 Å². The number of unbranched alkanes of at least 4 members (excludes halogenated alkanes) is 2. The number of ether oxygens (including phenoxy) is 3. The Kier molecular flexibility index (Phi) is 10.9. The molecule has 206 valence electrons. The predicted octanol–water partition coefficient (Wildman–Crippen LogP) is 6.03. The molecule has 8 nitrogen and oxygen atoms in total. The van der Waals surface area contributed by atoms with Gasteiger partial charge >= 0.3 is 5.97 Å². The van der Waals surface area contributed by atoms with E-state index in [-0.39, 0.29) is 17.8 Å². The van der Waals surface area contributed by atoms with Gasteiger partial charge in [0.2, 0.25) is 0 Å². The minimum Gasteiger partial charge on any atom is -0.496 e. The highest BCUT2D eigenvalue weighted by Gasteiger charge is 2.19. The monoisotopic (exact) mass is 532 g/mol. The number of hydrogen-bond acceptors (Lipinski definition) is 6. The van der Waals surface area contributed by atoms with Crippen LogP contribution in [0.1, 0.15) is 58.9 Å². The van der Waals surface area contributed by atoms with Crippen LogP contribution in [0, 0.1) is 6.92 Å². The Labute approximate surface area is 229 Å². The number of anilines is 2. The molecule has 3 aromatic carbocycles. The molecular formula is C31H36N2O6. The quantitative estimate of drug-likeness (QED) is 0.213. The standard InChI is InChI=1S/C31H36N2O6/c1-5-38-28(34)16-7-6-10-21-39-29-22(2)12-11-14-26(29)33(3)31(36)23-17-19-24(20-18-23)32-30(35)25-13-8-9-15-27(25)37-4/h8-9,11-15,17-20H,5-7,10,16,21H2,1-4H3,(H,32,35). The summed E-state index contributed by atoms with van der Waals surface area (Å²) in [6.45, 7) is 4.61. The third-order valence-electron chi connectivity index (χ3n) is 6.18. The Hall–Kier alpha value is -4.33. The van der Waals surface area contributed by atoms with Crippen molar-refractivity contribution in [3.05, 3.63) is 83.4 Å². The Morgan fingerprint density at radius 1 is 0.897 bits per heavy atom. The van der Waals surface area contributed by atoms with Crippen molar-refractivity contribution in [3.8, 4) is 11.5 Å². The lowest BCUT2D eigenvalue weighted by Crippen LogP contribution is -2.27. The molecule has 0 atom stereocenters. The maximum atomic E-state index is 13.3. The van der Waals surface area contributed by atoms with Crippen LogP contribution in [0.5, 0.6) is 11.5 Å². The molecule has 0 spiro atoms. The molecule has 3 rings (SSSR count). The first-order chi connectivity index (χ1) is 18.8. The molecule has 0 aliphatic heterocycles. The van der Waals surface area contributed by atoms with Gasteiger partial charge in [0.15, 0.2) is 0 Å². The number of benzene rings is 3. The summed E-state index contributed by atoms with van der Waals surface area (Å²) in [4.78, 5) is 39.0. The number of nitrogens with zero attached hydrogens (tertiary/aromatic N) is 1. The number of amides is 2. The average Bonchev–Trinajstić information content (AvgIpc) is 2.95. The number of carbonyl (C=O) groups excluding carboxylic acids is 3. The number of rotatable bonds is 13. The molecule has 0 saturated carbocycles. The third-order valence-corrected chi connectivity index (χ3v) is 6.18. The zero-order chi connectivity index (χ0) is 28.2. The molecule has 0 heterocycles. The lowest BCUT2D eigenvalue weighted by Gasteiger charge is -2.22. The summed E-state index contributed by atoms with van der Waals surface area (Å²) >= 11 is 0. The van der Waals surface area contributed by atoms with Crippen LogP contribution >= 0.6 is 0 Å². The molecule has 39 heavy (non-hydrogen) atoms. The van der Waals surface area contributed by atoms with Crippen molar-refractivity contribution >= 4 is 29.2 Å². The Balaban J connectivity index is 1.61. The highest BCUT2D eigenvalue weighted by molar-refractivity contribution is 6.08. The molecule has 0 saturated heterocycles. The molecule has 0 aliphatic rings. The predicted molar refractivity (Wildman–Crippen MR) is 152 cm³/mol. The summed E-state index contributed by atoms with van der Waals surface area (Å²) in [6.07, 6.45) is 2.78. The van der Waals surface area contributed by atoms with E-state index in [1.807, 2.05) is 25.1 Å². The van der Waals surface area contributed by atoms with Crippen LogP contribution in [-0.4, -0.2) is 45.2 Å². The summed E-state index contributed by atoms with van der Waals surface area (Å²) in [7, 11) is 3.23. The highest BCUT2D eigenvalue weighted by atomic mass is 16.5. The Morgan fingerprint density at radius 3 is 2.36 bits per heavy atom. The maximum Gasteiger partial charge on any atom is 0.305 e. The van der Waals surface area contributed by atoms with Crippen molar-refractivity contribution in [3.63, 3.8) is 0 Å². The van der Waals surface area contributed by atoms with Gasteiger partial charge in [0.05, 0.1) is 31.6 Å². The molecule has 0 aliphatic carbocycles. The van der Waals surface area contributed by atoms with Crippen LogP contribution in [0.25, 0.3) is 0 Å². The highest BCUT2D eigenvalue weighted by Crippen LogP contribution is 2.32. The smallest absolute Gasteiger partial charge is 0.305 e. The summed E-state index contributed by atoms with van der Waals surface area (Å²) in [5, 5.41) is 2.84. The first-order valence-corrected chi connectivity index (χ1v) is 13.1. The van der Waals surface area contributed by atoms with Gasteiger partial charge in [0.25, 0.3) is 11.8 Å². The summed E-state index contributed by atoms with van der Waals surface area (Å²) in [6, 6.07) is 19.4. The van der Waals surface area contributed by atoms with Crippen LogP contribution in [0.4, 0.5) is 11.4 Å². The molecule has 8 heteroatoms. The number of aryl methyl sites for hydroxylation is 1. The summed E-state index contributed by atoms with van der Waals surface area (Å²) < 4.78 is 16.3. The maximum absolute atomic E-state index is 13.3. The first-order valence-electron chi connectivity index (χ1n) is 13.1. The largest absolute Gasteiger partial charge is 0.496 e. The normalized spacial score (nSPS) is 10.5. The van der Waals surface area contributed by atoms with Crippen molar-refractivity contribution < 1.29 is 28.6 Å². The van der Waals surface area contributed by atoms with Crippen LogP contribution in [0.2, 0.25) is 0 Å². The fourth-order valence-corrected chi connectivity index (χ4v) is 4.07. The first kappa shape index (κ1) is 29.2. The Bertz CT molecular complexity index is 1270. The minimum absolute atomic E-state index is 0.174. The number of carbonyl (C=O) groups is 3. The molecule has 0 fully saturated rings. The van der Waals surface area contributed by atoms with E-state index in [1.54, 1.807) is 67.4 Å². The molecule has 0 aromatic heterocycles. The number of methoxy groups -OCH3 is 1. The van der Waals surface area contributed by atoms with Crippen LogP contribution in [0.3, 0.4) is 0 Å². The lowest BCUT2D eigenvalue weighted by molar-refractivity contribution is -0.143. The second-order valence-corrected chi connectivity index (χ2v) is 8.98. The van der Waals surface area contributed by atoms with Gasteiger partial charge in [0.1, 0.15) is 11.5 Å². The lowest BCUT2D eigenvalue weighted by atomic mass is 10.1. The number of hydrogen-bond donors (Lipinski definition) is 1. The molecule has 0 radical (unpaired) electrons. The van der Waals surface area contributed by atoms with Crippen LogP contribution < -0.4 is 19.7 Å². The van der Waals surface area contributed by atoms with Gasteiger partial charge in [-0.3, -0.25) is 14.4 Å². The average molecular weight is 533 g/mol. The number of esters is 1. The van der Waals surface area contributed by atoms with Gasteiger partial charge < -0.3 is 24.4 Å². The zero-order valence-electron chi connectivity index (χ0n) is 23.0. The number of para-hydroxylation sites is 2. The van der Waals surface area contributed by atoms with Crippen molar-refractivity contribution in [2.45, 2.75) is 39.5 Å². The van der Waals surface area contributed by atoms with Gasteiger partial charge in [-0.25, -0.2) is 0 Å². The van der Waals surface area contributed by atoms with Crippen molar-refractivity contribution in [1.82, 2.24) is 0 Å². The van der Waals surface area contributed by atoms with Crippen LogP contribution in [-0.2, 0) is 9.53 Å². The Morgan fingerprint density at radius 2 is 1.64 bits per heavy atom. The van der Waals surface area contributed by atoms with E-state index in [0.29, 0.717) is 53.6 Å². The van der Waals surface area contributed by atoms with Gasteiger partial charge in [-0.1, -0.05) is 24.3 Å². The van der Waals surface area contributed by atoms with E-state index in [2.05, 4.69) is 5.32 Å². The van der Waals surface area contributed by atoms with Crippen LogP contribution in [0.15, 0.2) is 66.7 Å². The topological polar surface area (TPSA) is 94.2 Å². The minimum atomic E-state index is -0.300. The second-order valence-electron chi connectivity index (χ2n) is 8.98. The molecule has 0 unspecified atom stereocenters.